The summed E-state index contributed by atoms with van der Waals surface area (Å²) in [6.07, 6.45) is -14.7. The van der Waals surface area contributed by atoms with Crippen LogP contribution >= 0.6 is 0 Å². The number of fused-ring (bicyclic) bond motifs is 12. The fourth-order valence-corrected chi connectivity index (χ4v) is 15.7. The number of hydrogen-bond donors (Lipinski definition) is 0. The van der Waals surface area contributed by atoms with Gasteiger partial charge in [0.1, 0.15) is 22.3 Å². The van der Waals surface area contributed by atoms with Gasteiger partial charge in [-0.15, -0.1) is 0 Å². The molecule has 0 spiro atoms. The first-order chi connectivity index (χ1) is 54.4. The lowest BCUT2D eigenvalue weighted by Gasteiger charge is -2.18. The molecule has 0 amide bonds. The van der Waals surface area contributed by atoms with E-state index in [1.54, 1.807) is 60.7 Å². The summed E-state index contributed by atoms with van der Waals surface area (Å²) < 4.78 is 157. The molecule has 0 saturated heterocycles. The predicted molar refractivity (Wildman–Crippen MR) is 420 cm³/mol. The number of furan rings is 2. The standard InChI is InChI=1S/C93H51F9N8O2/c94-91(95,96)58-39-45-73-68(48-58)63-28-13-16-32-72(63)109(73)74-43-37-57(47-70(74)89-105-85(52-20-5-1-6-21-52)103-86(106-89)53-22-7-2-8-23-53)62-41-42-64(84-83(62)67-30-15-18-34-79(67)112-84)69-49-60(93(100,101)102)51-77-81(69)65-40-38-59(92(97,98)99)50-76(65)110(77)75-44-36-56(61-31-19-35-80-82(61)66-29-14-17-33-78(66)111-80)46-71(75)90-107-87(54-24-9-3-10-25-54)104-88(108-90)55-26-11-4-12-27-55/h1-51H. The van der Waals surface area contributed by atoms with E-state index in [1.807, 2.05) is 205 Å². The second-order valence-corrected chi connectivity index (χ2v) is 27.3. The van der Waals surface area contributed by atoms with Crippen molar-refractivity contribution in [2.75, 3.05) is 0 Å². The van der Waals surface area contributed by atoms with Crippen molar-refractivity contribution < 1.29 is 48.3 Å². The van der Waals surface area contributed by atoms with Crippen LogP contribution in [0.25, 0.3) is 201 Å². The minimum Gasteiger partial charge on any atom is -0.456 e. The lowest BCUT2D eigenvalue weighted by molar-refractivity contribution is -0.138. The highest BCUT2D eigenvalue weighted by molar-refractivity contribution is 6.23. The van der Waals surface area contributed by atoms with E-state index in [9.17, 15) is 13.2 Å². The number of benzene rings is 14. The molecular weight excluding hydrogens is 1430 g/mol. The Morgan fingerprint density at radius 2 is 0.643 bits per heavy atom. The van der Waals surface area contributed by atoms with E-state index in [0.717, 1.165) is 47.2 Å². The normalized spacial score (nSPS) is 12.3. The molecule has 0 unspecified atom stereocenters. The number of rotatable bonds is 11. The summed E-state index contributed by atoms with van der Waals surface area (Å²) >= 11 is 0. The lowest BCUT2D eigenvalue weighted by Crippen LogP contribution is -2.07. The lowest BCUT2D eigenvalue weighted by atomic mass is 9.91. The molecular formula is C93H51F9N8O2. The van der Waals surface area contributed by atoms with Gasteiger partial charge in [-0.1, -0.05) is 212 Å². The monoisotopic (exact) mass is 1480 g/mol. The van der Waals surface area contributed by atoms with Gasteiger partial charge in [0.25, 0.3) is 0 Å². The van der Waals surface area contributed by atoms with E-state index in [-0.39, 0.29) is 73.1 Å². The molecule has 0 N–H and O–H groups in total. The van der Waals surface area contributed by atoms with Crippen molar-refractivity contribution in [3.05, 3.63) is 326 Å². The van der Waals surface area contributed by atoms with Gasteiger partial charge < -0.3 is 18.0 Å². The third kappa shape index (κ3) is 11.3. The highest BCUT2D eigenvalue weighted by atomic mass is 19.4. The van der Waals surface area contributed by atoms with Crippen LogP contribution in [-0.4, -0.2) is 39.0 Å². The van der Waals surface area contributed by atoms with Crippen molar-refractivity contribution in [1.82, 2.24) is 39.0 Å². The summed E-state index contributed by atoms with van der Waals surface area (Å²) in [6, 6.07) is 87.6. The summed E-state index contributed by atoms with van der Waals surface area (Å²) in [5.74, 6) is 1.36. The van der Waals surface area contributed by atoms with Crippen LogP contribution < -0.4 is 0 Å². The fourth-order valence-electron chi connectivity index (χ4n) is 15.7. The molecule has 112 heavy (non-hydrogen) atoms. The molecule has 0 bridgehead atoms. The van der Waals surface area contributed by atoms with Crippen LogP contribution in [0.5, 0.6) is 0 Å². The van der Waals surface area contributed by atoms with Crippen molar-refractivity contribution in [2.45, 2.75) is 18.5 Å². The molecule has 538 valence electrons. The number of halogens is 9. The maximum atomic E-state index is 16.5. The van der Waals surface area contributed by atoms with Gasteiger partial charge in [-0.25, -0.2) is 29.9 Å². The predicted octanol–water partition coefficient (Wildman–Crippen LogP) is 26.1. The van der Waals surface area contributed by atoms with E-state index in [0.29, 0.717) is 117 Å². The van der Waals surface area contributed by atoms with Crippen molar-refractivity contribution in [3.63, 3.8) is 0 Å². The number of aromatic nitrogens is 8. The molecule has 0 saturated carbocycles. The van der Waals surface area contributed by atoms with Crippen molar-refractivity contribution >= 4 is 87.5 Å². The van der Waals surface area contributed by atoms with Crippen LogP contribution in [0.4, 0.5) is 39.5 Å². The molecule has 14 aromatic carbocycles. The first-order valence-electron chi connectivity index (χ1n) is 35.7. The summed E-state index contributed by atoms with van der Waals surface area (Å²) in [6.45, 7) is 0. The topological polar surface area (TPSA) is 113 Å². The van der Waals surface area contributed by atoms with Crippen LogP contribution in [0, 0.1) is 0 Å². The summed E-state index contributed by atoms with van der Waals surface area (Å²) in [4.78, 5) is 30.7. The third-order valence-corrected chi connectivity index (χ3v) is 20.7. The minimum atomic E-state index is -5.07. The molecule has 0 aliphatic heterocycles. The van der Waals surface area contributed by atoms with Crippen molar-refractivity contribution in [1.29, 1.82) is 0 Å². The second-order valence-electron chi connectivity index (χ2n) is 27.3. The largest absolute Gasteiger partial charge is 0.456 e. The van der Waals surface area contributed by atoms with E-state index in [1.165, 1.54) is 16.7 Å². The van der Waals surface area contributed by atoms with Crippen LogP contribution in [0.15, 0.2) is 318 Å². The van der Waals surface area contributed by atoms with Crippen molar-refractivity contribution in [2.24, 2.45) is 0 Å². The Morgan fingerprint density at radius 3 is 1.19 bits per heavy atom. The van der Waals surface area contributed by atoms with Gasteiger partial charge in [0.05, 0.1) is 50.1 Å². The first-order valence-corrected chi connectivity index (χ1v) is 35.7. The zero-order valence-electron chi connectivity index (χ0n) is 58.2. The van der Waals surface area contributed by atoms with Gasteiger partial charge in [0.2, 0.25) is 0 Å². The van der Waals surface area contributed by atoms with Crippen LogP contribution in [-0.2, 0) is 18.5 Å². The SMILES string of the molecule is FC(F)(F)c1ccc2c(c1)c1ccccc1n2-c1ccc(-c2ccc(-c3cc(C(F)(F)F)cc4c3c3ccc(C(F)(F)F)cc3n4-c3ccc(-c4cccc5oc6ccccc6c45)cc3-c3nc(-c4ccccc4)nc(-c4ccccc4)n3)c3oc4ccccc4c23)cc1-c1nc(-c2ccccc2)nc(-c2ccccc2)n1. The smallest absolute Gasteiger partial charge is 0.416 e. The van der Waals surface area contributed by atoms with Gasteiger partial charge in [-0.2, -0.15) is 39.5 Å². The molecule has 6 heterocycles. The Kier molecular flexibility index (Phi) is 15.4. The molecule has 20 aromatic rings. The fraction of sp³-hybridized carbons (Fsp3) is 0.0323. The quantitative estimate of drug-likeness (QED) is 0.118. The van der Waals surface area contributed by atoms with Crippen LogP contribution in [0.1, 0.15) is 16.7 Å². The van der Waals surface area contributed by atoms with Gasteiger partial charge in [-0.3, -0.25) is 0 Å². The zero-order chi connectivity index (χ0) is 75.9. The molecule has 0 radical (unpaired) electrons. The number of alkyl halides is 9. The Hall–Kier alpha value is -14.3. The van der Waals surface area contributed by atoms with Gasteiger partial charge in [0.15, 0.2) is 34.9 Å². The zero-order valence-corrected chi connectivity index (χ0v) is 58.2. The average Bonchev–Trinajstić information content (AvgIpc) is 1.54. The van der Waals surface area contributed by atoms with Gasteiger partial charge in [0, 0.05) is 82.0 Å². The third-order valence-electron chi connectivity index (χ3n) is 20.7. The Bertz CT molecular complexity index is 7100. The number of para-hydroxylation sites is 3. The first kappa shape index (κ1) is 67.1. The number of hydrogen-bond acceptors (Lipinski definition) is 8. The molecule has 0 aliphatic carbocycles. The van der Waals surface area contributed by atoms with Crippen molar-refractivity contribution in [3.8, 4) is 113 Å². The maximum Gasteiger partial charge on any atom is 0.416 e. The van der Waals surface area contributed by atoms with Gasteiger partial charge in [-0.05, 0) is 125 Å². The molecule has 6 aromatic heterocycles. The molecule has 20 rings (SSSR count). The Morgan fingerprint density at radius 1 is 0.223 bits per heavy atom. The van der Waals surface area contributed by atoms with Gasteiger partial charge >= 0.3 is 18.5 Å². The second kappa shape index (κ2) is 25.7. The summed E-state index contributed by atoms with van der Waals surface area (Å²) in [7, 11) is 0. The summed E-state index contributed by atoms with van der Waals surface area (Å²) in [5.41, 5.74) is 5.77. The Labute approximate surface area is 629 Å². The van der Waals surface area contributed by atoms with E-state index < -0.39 is 35.2 Å². The van der Waals surface area contributed by atoms with Crippen LogP contribution in [0.3, 0.4) is 0 Å². The van der Waals surface area contributed by atoms with E-state index in [4.69, 9.17) is 38.7 Å². The molecule has 19 heteroatoms. The molecule has 0 aliphatic rings. The highest BCUT2D eigenvalue weighted by Crippen LogP contribution is 2.51. The highest BCUT2D eigenvalue weighted by Gasteiger charge is 2.37. The van der Waals surface area contributed by atoms with E-state index >= 15 is 26.3 Å². The maximum absolute atomic E-state index is 16.5. The van der Waals surface area contributed by atoms with Crippen LogP contribution in [0.2, 0.25) is 0 Å². The average molecular weight is 1480 g/mol. The van der Waals surface area contributed by atoms with E-state index in [2.05, 4.69) is 0 Å². The minimum absolute atomic E-state index is 0.0262. The Balaban J connectivity index is 0.860. The molecule has 10 nitrogen and oxygen atoms in total. The molecule has 0 atom stereocenters. The molecule has 0 fully saturated rings. The summed E-state index contributed by atoms with van der Waals surface area (Å²) in [5, 5.41) is 3.79. The number of nitrogens with zero attached hydrogens (tertiary/aromatic N) is 8.